The first-order valence-electron chi connectivity index (χ1n) is 10.7. The zero-order chi connectivity index (χ0) is 30.4. The van der Waals surface area contributed by atoms with Gasteiger partial charge in [0.25, 0.3) is 5.56 Å². The number of H-pyrrole nitrogens is 1. The van der Waals surface area contributed by atoms with E-state index >= 15 is 0 Å². The fraction of sp³-hybridized carbons (Fsp3) is 0.750. The van der Waals surface area contributed by atoms with Gasteiger partial charge in [0.05, 0.1) is 13.2 Å². The van der Waals surface area contributed by atoms with E-state index in [1.165, 1.54) is 4.98 Å². The van der Waals surface area contributed by atoms with Crippen molar-refractivity contribution in [3.05, 3.63) is 32.6 Å². The van der Waals surface area contributed by atoms with Gasteiger partial charge in [-0.1, -0.05) is 0 Å². The Bertz CT molecular complexity index is 1270. The van der Waals surface area contributed by atoms with Crippen molar-refractivity contribution in [2.45, 2.75) is 61.4 Å². The molecule has 0 aliphatic carbocycles. The van der Waals surface area contributed by atoms with Gasteiger partial charge in [-0.2, -0.15) is 17.5 Å². The summed E-state index contributed by atoms with van der Waals surface area (Å²) in [6.45, 7) is -2.21. The lowest BCUT2D eigenvalue weighted by Crippen LogP contribution is -2.58. The Labute approximate surface area is 218 Å². The van der Waals surface area contributed by atoms with E-state index in [2.05, 4.69) is 13.4 Å². The number of aliphatic hydroxyl groups is 6. The molecule has 1 aromatic heterocycles. The minimum absolute atomic E-state index is 0.00343. The predicted molar refractivity (Wildman–Crippen MR) is 114 cm³/mol. The van der Waals surface area contributed by atoms with Crippen LogP contribution in [0.3, 0.4) is 0 Å². The van der Waals surface area contributed by atoms with Gasteiger partial charge in [0.1, 0.15) is 48.3 Å². The zero-order valence-electron chi connectivity index (χ0n) is 19.4. The Kier molecular flexibility index (Phi) is 9.84. The van der Waals surface area contributed by atoms with Gasteiger partial charge in [0, 0.05) is 6.20 Å². The number of hydrogen-bond donors (Lipinski definition) is 9. The molecule has 0 aromatic carbocycles. The van der Waals surface area contributed by atoms with Crippen molar-refractivity contribution in [2.75, 3.05) is 13.2 Å². The van der Waals surface area contributed by atoms with Gasteiger partial charge >= 0.3 is 27.5 Å². The number of nitrogens with zero attached hydrogens (tertiary/aromatic N) is 1. The van der Waals surface area contributed by atoms with Crippen LogP contribution in [0.5, 0.6) is 0 Å². The number of hydrogen-bond acceptors (Lipinski definition) is 15. The third-order valence-corrected chi connectivity index (χ3v) is 8.18. The maximum atomic E-state index is 13.0. The van der Waals surface area contributed by atoms with E-state index in [0.29, 0.717) is 0 Å². The van der Waals surface area contributed by atoms with Gasteiger partial charge in [-0.3, -0.25) is 23.4 Å². The number of aromatic amines is 1. The fourth-order valence-corrected chi connectivity index (χ4v) is 5.76. The van der Waals surface area contributed by atoms with Gasteiger partial charge in [-0.25, -0.2) is 13.9 Å². The molecule has 19 nitrogen and oxygen atoms in total. The van der Waals surface area contributed by atoms with Gasteiger partial charge in [0.15, 0.2) is 12.5 Å². The molecule has 3 heterocycles. The van der Waals surface area contributed by atoms with Crippen LogP contribution in [0.1, 0.15) is 11.8 Å². The number of aliphatic hydroxyl groups excluding tert-OH is 6. The first-order valence-corrected chi connectivity index (χ1v) is 13.7. The number of phosphoric ester groups is 2. The monoisotopic (exact) mass is 634 g/mol. The molecule has 0 spiro atoms. The highest BCUT2D eigenvalue weighted by molar-refractivity contribution is 7.61. The Balaban J connectivity index is 1.67. The van der Waals surface area contributed by atoms with Gasteiger partial charge in [-0.15, -0.1) is 0 Å². The summed E-state index contributed by atoms with van der Waals surface area (Å²) in [7, 11) is -11.4. The lowest BCUT2D eigenvalue weighted by Gasteiger charge is -2.39. The molecule has 0 amide bonds. The number of nitrogens with one attached hydrogen (secondary N) is 1. The molecule has 0 radical (unpaired) electrons. The van der Waals surface area contributed by atoms with Crippen LogP contribution in [0.15, 0.2) is 15.8 Å². The molecular formula is C16H23F3N2O17P2. The molecular weight excluding hydrogens is 611 g/mol. The molecule has 0 bridgehead atoms. The predicted octanol–water partition coefficient (Wildman–Crippen LogP) is -3.77. The van der Waals surface area contributed by atoms with Crippen molar-refractivity contribution in [3.8, 4) is 0 Å². The molecule has 2 unspecified atom stereocenters. The summed E-state index contributed by atoms with van der Waals surface area (Å²) in [4.78, 5) is 44.3. The molecule has 1 aromatic rings. The highest BCUT2D eigenvalue weighted by Gasteiger charge is 2.50. The average molecular weight is 634 g/mol. The van der Waals surface area contributed by atoms with Gasteiger partial charge in [-0.05, 0) is 0 Å². The summed E-state index contributed by atoms with van der Waals surface area (Å²) in [5.41, 5.74) is -5.15. The van der Waals surface area contributed by atoms with E-state index in [1.807, 2.05) is 0 Å². The standard InChI is InChI=1S/C16H23F3N2O17P2/c17-16(18,19)4-1-21(15(29)20-12(4)28)13-10(26)8(24)6(35-13)3-34-39(30,31)38-40(32,33)37-14-11(27)9(25)7(23)5(2-22)36-14/h1,5-11,13-14,22-27H,2-3H2,(H,30,31)(H,32,33)(H,20,28,29)/t5-,6-,7+,8-,9+,10-,11-,13-,14-/m1/s1. The summed E-state index contributed by atoms with van der Waals surface area (Å²) >= 11 is 0. The lowest BCUT2D eigenvalue weighted by molar-refractivity contribution is -0.280. The molecule has 40 heavy (non-hydrogen) atoms. The van der Waals surface area contributed by atoms with Gasteiger partial charge in [0.2, 0.25) is 0 Å². The van der Waals surface area contributed by atoms with Crippen molar-refractivity contribution >= 4 is 15.6 Å². The average Bonchev–Trinajstić information content (AvgIpc) is 3.10. The van der Waals surface area contributed by atoms with Crippen LogP contribution in [0.25, 0.3) is 0 Å². The number of ether oxygens (including phenoxy) is 2. The summed E-state index contributed by atoms with van der Waals surface area (Å²) in [6, 6.07) is 0. The van der Waals surface area contributed by atoms with Crippen LogP contribution in [-0.2, 0) is 38.1 Å². The van der Waals surface area contributed by atoms with Gasteiger partial charge < -0.3 is 49.9 Å². The number of phosphoric acid groups is 2. The maximum Gasteiger partial charge on any atom is 0.483 e. The summed E-state index contributed by atoms with van der Waals surface area (Å²) in [6.07, 6.45) is -23.5. The quantitative estimate of drug-likeness (QED) is 0.118. The van der Waals surface area contributed by atoms with Crippen LogP contribution in [-0.4, -0.2) is 112 Å². The topological polar surface area (TPSA) is 297 Å². The lowest BCUT2D eigenvalue weighted by atomic mass is 10.00. The molecule has 0 saturated carbocycles. The number of alkyl halides is 3. The number of rotatable bonds is 9. The van der Waals surface area contributed by atoms with Crippen LogP contribution >= 0.6 is 15.6 Å². The van der Waals surface area contributed by atoms with Crippen molar-refractivity contribution < 1.29 is 85.6 Å². The Morgan fingerprint density at radius 3 is 2.10 bits per heavy atom. The van der Waals surface area contributed by atoms with Crippen molar-refractivity contribution in [1.29, 1.82) is 0 Å². The molecule has 2 fully saturated rings. The van der Waals surface area contributed by atoms with E-state index in [9.17, 15) is 67.2 Å². The normalized spacial score (nSPS) is 36.2. The maximum absolute atomic E-state index is 13.0. The third kappa shape index (κ3) is 7.24. The van der Waals surface area contributed by atoms with E-state index in [-0.39, 0.29) is 10.8 Å². The molecule has 2 aliphatic rings. The molecule has 230 valence electrons. The number of halogens is 3. The Hall–Kier alpha value is -1.59. The minimum atomic E-state index is -5.72. The van der Waals surface area contributed by atoms with Crippen LogP contribution in [0.2, 0.25) is 0 Å². The molecule has 2 aliphatic heterocycles. The van der Waals surface area contributed by atoms with Crippen molar-refractivity contribution in [2.24, 2.45) is 0 Å². The smallest absolute Gasteiger partial charge is 0.394 e. The summed E-state index contributed by atoms with van der Waals surface area (Å²) in [5.74, 6) is 0. The zero-order valence-corrected chi connectivity index (χ0v) is 21.2. The van der Waals surface area contributed by atoms with Crippen molar-refractivity contribution in [1.82, 2.24) is 9.55 Å². The second-order valence-corrected chi connectivity index (χ2v) is 11.4. The second kappa shape index (κ2) is 12.0. The Morgan fingerprint density at radius 1 is 0.925 bits per heavy atom. The number of aromatic nitrogens is 2. The SMILES string of the molecule is O=c1[nH]c(=O)n([C@@H]2O[C@H](COP(=O)(O)OP(=O)(O)O[C@H]3O[C@H](CO)[C@H](O)[C@H](O)[C@H]3O)[C@@H](O)[C@H]2O)cc1C(F)(F)F. The molecule has 3 rings (SSSR count). The summed E-state index contributed by atoms with van der Waals surface area (Å²) in [5, 5.41) is 58.6. The molecule has 24 heteroatoms. The van der Waals surface area contributed by atoms with Crippen LogP contribution < -0.4 is 11.2 Å². The highest BCUT2D eigenvalue weighted by atomic mass is 31.3. The van der Waals surface area contributed by atoms with E-state index < -0.39 is 107 Å². The fourth-order valence-electron chi connectivity index (χ4n) is 3.60. The second-order valence-electron chi connectivity index (χ2n) is 8.37. The third-order valence-electron chi connectivity index (χ3n) is 5.58. The van der Waals surface area contributed by atoms with E-state index in [4.69, 9.17) is 14.6 Å². The molecule has 9 N–H and O–H groups in total. The van der Waals surface area contributed by atoms with Crippen LogP contribution in [0, 0.1) is 0 Å². The highest BCUT2D eigenvalue weighted by Crippen LogP contribution is 2.61. The molecule has 2 saturated heterocycles. The largest absolute Gasteiger partial charge is 0.483 e. The van der Waals surface area contributed by atoms with E-state index in [0.717, 1.165) is 0 Å². The van der Waals surface area contributed by atoms with Crippen LogP contribution in [0.4, 0.5) is 13.2 Å². The molecule has 11 atom stereocenters. The first-order chi connectivity index (χ1) is 18.3. The minimum Gasteiger partial charge on any atom is -0.394 e. The Morgan fingerprint density at radius 2 is 1.52 bits per heavy atom. The summed E-state index contributed by atoms with van der Waals surface area (Å²) < 4.78 is 86.1. The van der Waals surface area contributed by atoms with Crippen molar-refractivity contribution in [3.63, 3.8) is 0 Å². The van der Waals surface area contributed by atoms with E-state index in [1.54, 1.807) is 0 Å². The first kappa shape index (κ1) is 32.9.